The van der Waals surface area contributed by atoms with Gasteiger partial charge in [0.05, 0.1) is 24.9 Å². The van der Waals surface area contributed by atoms with E-state index >= 15 is 0 Å². The van der Waals surface area contributed by atoms with Crippen LogP contribution in [0.25, 0.3) is 10.9 Å². The summed E-state index contributed by atoms with van der Waals surface area (Å²) in [6.45, 7) is 1.95. The maximum absolute atomic E-state index is 12.7. The molecule has 1 N–H and O–H groups in total. The highest BCUT2D eigenvalue weighted by atomic mass is 16.5. The van der Waals surface area contributed by atoms with E-state index in [0.717, 1.165) is 16.5 Å². The highest BCUT2D eigenvalue weighted by molar-refractivity contribution is 5.99. The standard InChI is InChI=1S/C22H20N4O3/c1-14-17(12-16-9-6-10-18(28-2)21(16)24-14)22(27)23-13-20-25-19(26-29-20)11-15-7-4-3-5-8-15/h3-10,12H,11,13H2,1-2H3,(H,23,27). The molecule has 0 spiro atoms. The number of rotatable bonds is 6. The third-order valence-corrected chi connectivity index (χ3v) is 4.58. The Balaban J connectivity index is 1.45. The summed E-state index contributed by atoms with van der Waals surface area (Å²) in [6, 6.07) is 17.3. The normalized spacial score (nSPS) is 10.8. The second kappa shape index (κ2) is 8.10. The Labute approximate surface area is 167 Å². The number of benzene rings is 2. The van der Waals surface area contributed by atoms with Crippen molar-refractivity contribution in [3.05, 3.63) is 83.1 Å². The van der Waals surface area contributed by atoms with E-state index in [-0.39, 0.29) is 12.5 Å². The number of ether oxygens (including phenoxy) is 1. The second-order valence-electron chi connectivity index (χ2n) is 6.60. The van der Waals surface area contributed by atoms with Gasteiger partial charge >= 0.3 is 0 Å². The molecule has 0 saturated heterocycles. The minimum atomic E-state index is -0.248. The number of carbonyl (C=O) groups is 1. The van der Waals surface area contributed by atoms with Gasteiger partial charge in [-0.1, -0.05) is 47.6 Å². The minimum Gasteiger partial charge on any atom is -0.494 e. The fraction of sp³-hybridized carbons (Fsp3) is 0.182. The molecule has 1 amide bonds. The molecule has 0 radical (unpaired) electrons. The minimum absolute atomic E-state index is 0.149. The van der Waals surface area contributed by atoms with Gasteiger partial charge < -0.3 is 14.6 Å². The lowest BCUT2D eigenvalue weighted by Gasteiger charge is -2.09. The van der Waals surface area contributed by atoms with Crippen molar-refractivity contribution in [2.45, 2.75) is 19.9 Å². The lowest BCUT2D eigenvalue weighted by Crippen LogP contribution is -2.24. The summed E-state index contributed by atoms with van der Waals surface area (Å²) in [5, 5.41) is 7.63. The zero-order chi connectivity index (χ0) is 20.2. The number of pyridine rings is 1. The third kappa shape index (κ3) is 4.08. The fourth-order valence-electron chi connectivity index (χ4n) is 3.12. The molecule has 0 aliphatic carbocycles. The van der Waals surface area contributed by atoms with Crippen LogP contribution in [0.3, 0.4) is 0 Å². The van der Waals surface area contributed by atoms with Crippen LogP contribution in [0.15, 0.2) is 59.1 Å². The van der Waals surface area contributed by atoms with Crippen LogP contribution in [0.5, 0.6) is 5.75 Å². The molecule has 4 aromatic rings. The number of nitrogens with one attached hydrogen (secondary N) is 1. The van der Waals surface area contributed by atoms with Gasteiger partial charge in [-0.05, 0) is 24.6 Å². The van der Waals surface area contributed by atoms with E-state index in [1.54, 1.807) is 14.0 Å². The molecule has 0 aliphatic rings. The molecule has 0 bridgehead atoms. The second-order valence-corrected chi connectivity index (χ2v) is 6.60. The Bertz CT molecular complexity index is 1160. The molecule has 0 unspecified atom stereocenters. The Morgan fingerprint density at radius 2 is 1.93 bits per heavy atom. The largest absolute Gasteiger partial charge is 0.494 e. The number of hydrogen-bond donors (Lipinski definition) is 1. The summed E-state index contributed by atoms with van der Waals surface area (Å²) >= 11 is 0. The van der Waals surface area contributed by atoms with Crippen molar-refractivity contribution in [1.82, 2.24) is 20.4 Å². The average Bonchev–Trinajstić information content (AvgIpc) is 3.19. The number of hydrogen-bond acceptors (Lipinski definition) is 6. The van der Waals surface area contributed by atoms with E-state index in [4.69, 9.17) is 9.26 Å². The summed E-state index contributed by atoms with van der Waals surface area (Å²) in [5.41, 5.74) is 2.94. The van der Waals surface area contributed by atoms with Crippen molar-refractivity contribution in [1.29, 1.82) is 0 Å². The van der Waals surface area contributed by atoms with Gasteiger partial charge in [-0.15, -0.1) is 0 Å². The Morgan fingerprint density at radius 1 is 1.10 bits per heavy atom. The lowest BCUT2D eigenvalue weighted by atomic mass is 10.1. The van der Waals surface area contributed by atoms with Gasteiger partial charge in [-0.3, -0.25) is 4.79 Å². The number of para-hydroxylation sites is 1. The van der Waals surface area contributed by atoms with E-state index in [9.17, 15) is 4.79 Å². The van der Waals surface area contributed by atoms with Crippen molar-refractivity contribution >= 4 is 16.8 Å². The Hall–Kier alpha value is -3.74. The van der Waals surface area contributed by atoms with Crippen molar-refractivity contribution < 1.29 is 14.1 Å². The number of aromatic nitrogens is 3. The quantitative estimate of drug-likeness (QED) is 0.544. The monoisotopic (exact) mass is 388 g/mol. The maximum atomic E-state index is 12.7. The molecule has 2 heterocycles. The predicted octanol–water partition coefficient (Wildman–Crippen LogP) is 3.46. The molecule has 146 valence electrons. The molecule has 7 nitrogen and oxygen atoms in total. The zero-order valence-corrected chi connectivity index (χ0v) is 16.2. The van der Waals surface area contributed by atoms with Crippen LogP contribution in [0.2, 0.25) is 0 Å². The predicted molar refractivity (Wildman–Crippen MR) is 108 cm³/mol. The molecule has 7 heteroatoms. The van der Waals surface area contributed by atoms with E-state index in [0.29, 0.717) is 35.1 Å². The number of fused-ring (bicyclic) bond motifs is 1. The zero-order valence-electron chi connectivity index (χ0n) is 16.2. The third-order valence-electron chi connectivity index (χ3n) is 4.58. The molecular formula is C22H20N4O3. The number of methoxy groups -OCH3 is 1. The first-order valence-electron chi connectivity index (χ1n) is 9.22. The average molecular weight is 388 g/mol. The van der Waals surface area contributed by atoms with Gasteiger partial charge in [0.25, 0.3) is 5.91 Å². The lowest BCUT2D eigenvalue weighted by molar-refractivity contribution is 0.0945. The number of carbonyl (C=O) groups excluding carboxylic acids is 1. The first-order chi connectivity index (χ1) is 14.1. The summed E-state index contributed by atoms with van der Waals surface area (Å²) in [6.07, 6.45) is 0.577. The fourth-order valence-corrected chi connectivity index (χ4v) is 3.12. The van der Waals surface area contributed by atoms with Crippen LogP contribution < -0.4 is 10.1 Å². The number of amides is 1. The van der Waals surface area contributed by atoms with Crippen molar-refractivity contribution in [3.63, 3.8) is 0 Å². The van der Waals surface area contributed by atoms with Crippen molar-refractivity contribution in [3.8, 4) is 5.75 Å². The summed E-state index contributed by atoms with van der Waals surface area (Å²) in [5.74, 6) is 1.37. The molecule has 2 aromatic carbocycles. The van der Waals surface area contributed by atoms with E-state index in [2.05, 4.69) is 20.4 Å². The van der Waals surface area contributed by atoms with Crippen LogP contribution in [0, 0.1) is 6.92 Å². The van der Waals surface area contributed by atoms with Crippen LogP contribution >= 0.6 is 0 Å². The van der Waals surface area contributed by atoms with Gasteiger partial charge in [0.2, 0.25) is 5.89 Å². The highest BCUT2D eigenvalue weighted by Gasteiger charge is 2.15. The van der Waals surface area contributed by atoms with Gasteiger partial charge in [0.15, 0.2) is 5.82 Å². The first-order valence-corrected chi connectivity index (χ1v) is 9.22. The maximum Gasteiger partial charge on any atom is 0.253 e. The van der Waals surface area contributed by atoms with Crippen LogP contribution in [-0.2, 0) is 13.0 Å². The van der Waals surface area contributed by atoms with Crippen molar-refractivity contribution in [2.75, 3.05) is 7.11 Å². The number of aryl methyl sites for hydroxylation is 1. The molecule has 0 atom stereocenters. The molecule has 29 heavy (non-hydrogen) atoms. The SMILES string of the molecule is COc1cccc2cc(C(=O)NCc3nc(Cc4ccccc4)no3)c(C)nc12. The van der Waals surface area contributed by atoms with Gasteiger partial charge in [-0.2, -0.15) is 4.98 Å². The van der Waals surface area contributed by atoms with Gasteiger partial charge in [-0.25, -0.2) is 4.98 Å². The molecule has 0 fully saturated rings. The first kappa shape index (κ1) is 18.6. The number of nitrogens with zero attached hydrogens (tertiary/aromatic N) is 3. The molecule has 0 saturated carbocycles. The van der Waals surface area contributed by atoms with E-state index in [1.807, 2.05) is 54.6 Å². The highest BCUT2D eigenvalue weighted by Crippen LogP contribution is 2.25. The van der Waals surface area contributed by atoms with E-state index < -0.39 is 0 Å². The summed E-state index contributed by atoms with van der Waals surface area (Å²) in [4.78, 5) is 21.5. The molecule has 2 aromatic heterocycles. The molecular weight excluding hydrogens is 368 g/mol. The van der Waals surface area contributed by atoms with Crippen LogP contribution in [0.1, 0.15) is 33.3 Å². The molecule has 0 aliphatic heterocycles. The van der Waals surface area contributed by atoms with E-state index in [1.165, 1.54) is 0 Å². The van der Waals surface area contributed by atoms with Crippen LogP contribution in [0.4, 0.5) is 0 Å². The molecule has 4 rings (SSSR count). The Kier molecular flexibility index (Phi) is 5.20. The smallest absolute Gasteiger partial charge is 0.253 e. The summed E-state index contributed by atoms with van der Waals surface area (Å²) < 4.78 is 10.6. The topological polar surface area (TPSA) is 90.1 Å². The van der Waals surface area contributed by atoms with Crippen LogP contribution in [-0.4, -0.2) is 28.1 Å². The Morgan fingerprint density at radius 3 is 2.72 bits per heavy atom. The van der Waals surface area contributed by atoms with Crippen molar-refractivity contribution in [2.24, 2.45) is 0 Å². The van der Waals surface area contributed by atoms with Gasteiger partial charge in [0.1, 0.15) is 11.3 Å². The van der Waals surface area contributed by atoms with Gasteiger partial charge in [0, 0.05) is 11.8 Å². The summed E-state index contributed by atoms with van der Waals surface area (Å²) in [7, 11) is 1.60.